The molecule has 0 saturated carbocycles. The molecule has 0 bridgehead atoms. The van der Waals surface area contributed by atoms with E-state index in [1.807, 2.05) is 6.92 Å². The predicted molar refractivity (Wildman–Crippen MR) is 66.0 cm³/mol. The van der Waals surface area contributed by atoms with Gasteiger partial charge in [0.05, 0.1) is 6.20 Å². The van der Waals surface area contributed by atoms with Crippen LogP contribution in [0, 0.1) is 12.7 Å². The van der Waals surface area contributed by atoms with Gasteiger partial charge in [-0.2, -0.15) is 0 Å². The van der Waals surface area contributed by atoms with E-state index in [0.29, 0.717) is 16.9 Å². The number of halogens is 1. The molecule has 0 spiro atoms. The number of nitrogens with zero attached hydrogens (tertiary/aromatic N) is 4. The molecule has 0 atom stereocenters. The van der Waals surface area contributed by atoms with Crippen molar-refractivity contribution in [2.24, 2.45) is 0 Å². The van der Waals surface area contributed by atoms with Gasteiger partial charge in [0.25, 0.3) is 0 Å². The molecule has 0 amide bonds. The van der Waals surface area contributed by atoms with E-state index < -0.39 is 5.82 Å². The summed E-state index contributed by atoms with van der Waals surface area (Å²) < 4.78 is 13.5. The van der Waals surface area contributed by atoms with Crippen molar-refractivity contribution in [2.75, 3.05) is 11.9 Å². The first kappa shape index (κ1) is 12.7. The van der Waals surface area contributed by atoms with Crippen molar-refractivity contribution in [1.82, 2.24) is 25.1 Å². The molecule has 2 aromatic heterocycles. The first-order valence-corrected chi connectivity index (χ1v) is 6.34. The largest absolute Gasteiger partial charge is 0.354 e. The third-order valence-electron chi connectivity index (χ3n) is 2.01. The Labute approximate surface area is 108 Å². The van der Waals surface area contributed by atoms with Crippen molar-refractivity contribution >= 4 is 17.7 Å². The third kappa shape index (κ3) is 3.16. The third-order valence-corrected chi connectivity index (χ3v) is 2.85. The fraction of sp³-hybridized carbons (Fsp3) is 0.400. The second-order valence-corrected chi connectivity index (χ2v) is 4.53. The average molecular weight is 268 g/mol. The summed E-state index contributed by atoms with van der Waals surface area (Å²) in [6, 6.07) is 0. The van der Waals surface area contributed by atoms with Crippen LogP contribution in [0.1, 0.15) is 19.2 Å². The van der Waals surface area contributed by atoms with Gasteiger partial charge in [-0.05, 0) is 25.1 Å². The van der Waals surface area contributed by atoms with E-state index in [9.17, 15) is 4.39 Å². The highest BCUT2D eigenvalue weighted by molar-refractivity contribution is 7.99. The number of hydrogen-bond donors (Lipinski definition) is 2. The van der Waals surface area contributed by atoms with Gasteiger partial charge in [0, 0.05) is 6.54 Å². The van der Waals surface area contributed by atoms with Crippen molar-refractivity contribution in [1.29, 1.82) is 0 Å². The fourth-order valence-electron chi connectivity index (χ4n) is 1.20. The van der Waals surface area contributed by atoms with Crippen molar-refractivity contribution in [3.05, 3.63) is 17.8 Å². The molecule has 0 fully saturated rings. The standard InChI is InChI=1S/C10H13FN6S/c1-3-4-12-9-13-5-7(11)8(15-9)18-10-14-6(2)16-17-10/h5H,3-4H2,1-2H3,(H,12,13,15)(H,14,16,17). The summed E-state index contributed by atoms with van der Waals surface area (Å²) in [5, 5.41) is 10.3. The van der Waals surface area contributed by atoms with E-state index in [4.69, 9.17) is 0 Å². The zero-order valence-corrected chi connectivity index (χ0v) is 10.9. The zero-order chi connectivity index (χ0) is 13.0. The number of anilines is 1. The summed E-state index contributed by atoms with van der Waals surface area (Å²) in [4.78, 5) is 12.0. The highest BCUT2D eigenvalue weighted by Crippen LogP contribution is 2.25. The molecule has 18 heavy (non-hydrogen) atoms. The molecule has 96 valence electrons. The molecule has 0 saturated heterocycles. The van der Waals surface area contributed by atoms with Gasteiger partial charge in [-0.1, -0.05) is 6.92 Å². The maximum Gasteiger partial charge on any atom is 0.223 e. The highest BCUT2D eigenvalue weighted by Gasteiger charge is 2.11. The van der Waals surface area contributed by atoms with Gasteiger partial charge < -0.3 is 5.32 Å². The van der Waals surface area contributed by atoms with Crippen molar-refractivity contribution in [3.63, 3.8) is 0 Å². The van der Waals surface area contributed by atoms with Gasteiger partial charge >= 0.3 is 0 Å². The Hall–Kier alpha value is -1.70. The molecule has 8 heteroatoms. The van der Waals surface area contributed by atoms with Crippen LogP contribution in [0.5, 0.6) is 0 Å². The van der Waals surface area contributed by atoms with Gasteiger partial charge in [0.2, 0.25) is 11.1 Å². The van der Waals surface area contributed by atoms with Crippen LogP contribution < -0.4 is 5.32 Å². The molecular formula is C10H13FN6S. The minimum absolute atomic E-state index is 0.211. The average Bonchev–Trinajstić information content (AvgIpc) is 2.76. The maximum absolute atomic E-state index is 13.5. The van der Waals surface area contributed by atoms with Crippen LogP contribution in [-0.4, -0.2) is 31.7 Å². The number of aryl methyl sites for hydroxylation is 1. The number of aromatic amines is 1. The Morgan fingerprint density at radius 3 is 2.94 bits per heavy atom. The Balaban J connectivity index is 2.15. The molecule has 0 unspecified atom stereocenters. The highest BCUT2D eigenvalue weighted by atomic mass is 32.2. The number of nitrogens with one attached hydrogen (secondary N) is 2. The number of H-pyrrole nitrogens is 1. The molecule has 2 aromatic rings. The Bertz CT molecular complexity index is 529. The smallest absolute Gasteiger partial charge is 0.223 e. The molecule has 6 nitrogen and oxygen atoms in total. The Kier molecular flexibility index (Phi) is 4.08. The predicted octanol–water partition coefficient (Wildman–Crippen LogP) is 2.02. The van der Waals surface area contributed by atoms with E-state index in [1.54, 1.807) is 6.92 Å². The molecule has 0 aliphatic heterocycles. The number of aromatic nitrogens is 5. The molecule has 0 aliphatic rings. The molecule has 2 rings (SSSR count). The second-order valence-electron chi connectivity index (χ2n) is 3.58. The van der Waals surface area contributed by atoms with Crippen LogP contribution in [0.2, 0.25) is 0 Å². The molecule has 0 aliphatic carbocycles. The Morgan fingerprint density at radius 2 is 2.28 bits per heavy atom. The minimum Gasteiger partial charge on any atom is -0.354 e. The first-order valence-electron chi connectivity index (χ1n) is 5.52. The van der Waals surface area contributed by atoms with Crippen LogP contribution in [0.3, 0.4) is 0 Å². The topological polar surface area (TPSA) is 79.4 Å². The van der Waals surface area contributed by atoms with E-state index >= 15 is 0 Å². The summed E-state index contributed by atoms with van der Waals surface area (Å²) in [6.07, 6.45) is 2.09. The van der Waals surface area contributed by atoms with E-state index in [1.165, 1.54) is 0 Å². The molecule has 2 heterocycles. The van der Waals surface area contributed by atoms with Gasteiger partial charge in [0.1, 0.15) is 10.9 Å². The van der Waals surface area contributed by atoms with Crippen molar-refractivity contribution < 1.29 is 4.39 Å². The van der Waals surface area contributed by atoms with Crippen LogP contribution in [-0.2, 0) is 0 Å². The van der Waals surface area contributed by atoms with Crippen LogP contribution in [0.25, 0.3) is 0 Å². The summed E-state index contributed by atoms with van der Waals surface area (Å²) in [5.41, 5.74) is 0. The molecule has 0 radical (unpaired) electrons. The first-order chi connectivity index (χ1) is 8.69. The minimum atomic E-state index is -0.482. The zero-order valence-electron chi connectivity index (χ0n) is 10.1. The maximum atomic E-state index is 13.5. The number of rotatable bonds is 5. The molecular weight excluding hydrogens is 255 g/mol. The van der Waals surface area contributed by atoms with Crippen LogP contribution in [0.4, 0.5) is 10.3 Å². The van der Waals surface area contributed by atoms with Crippen molar-refractivity contribution in [3.8, 4) is 0 Å². The second kappa shape index (κ2) is 5.76. The lowest BCUT2D eigenvalue weighted by molar-refractivity contribution is 0.579. The normalized spacial score (nSPS) is 10.6. The van der Waals surface area contributed by atoms with Crippen LogP contribution in [0.15, 0.2) is 16.4 Å². The summed E-state index contributed by atoms with van der Waals surface area (Å²) in [7, 11) is 0. The van der Waals surface area contributed by atoms with Gasteiger partial charge in [-0.25, -0.2) is 19.3 Å². The lowest BCUT2D eigenvalue weighted by Gasteiger charge is -2.04. The Morgan fingerprint density at radius 1 is 1.44 bits per heavy atom. The number of hydrogen-bond acceptors (Lipinski definition) is 6. The van der Waals surface area contributed by atoms with E-state index in [0.717, 1.165) is 30.9 Å². The van der Waals surface area contributed by atoms with Crippen LogP contribution >= 0.6 is 11.8 Å². The lowest BCUT2D eigenvalue weighted by Crippen LogP contribution is -2.05. The summed E-state index contributed by atoms with van der Waals surface area (Å²) in [5.74, 6) is 0.605. The monoisotopic (exact) mass is 268 g/mol. The van der Waals surface area contributed by atoms with E-state index in [-0.39, 0.29) is 5.03 Å². The quantitative estimate of drug-likeness (QED) is 0.808. The van der Waals surface area contributed by atoms with Gasteiger partial charge in [-0.15, -0.1) is 5.10 Å². The van der Waals surface area contributed by atoms with Crippen molar-refractivity contribution in [2.45, 2.75) is 30.5 Å². The summed E-state index contributed by atoms with van der Waals surface area (Å²) in [6.45, 7) is 4.56. The molecule has 2 N–H and O–H groups in total. The SMILES string of the molecule is CCCNc1ncc(F)c(Sc2n[nH]c(C)n2)n1. The van der Waals surface area contributed by atoms with Gasteiger partial charge in [0.15, 0.2) is 5.82 Å². The molecule has 0 aromatic carbocycles. The van der Waals surface area contributed by atoms with E-state index in [2.05, 4.69) is 30.5 Å². The lowest BCUT2D eigenvalue weighted by atomic mass is 10.5. The fourth-order valence-corrected chi connectivity index (χ4v) is 1.93. The summed E-state index contributed by atoms with van der Waals surface area (Å²) >= 11 is 1.06. The van der Waals surface area contributed by atoms with Gasteiger partial charge in [-0.3, -0.25) is 5.10 Å².